The minimum absolute atomic E-state index is 0.0648. The van der Waals surface area contributed by atoms with Crippen molar-refractivity contribution in [3.05, 3.63) is 46.6 Å². The normalized spacial score (nSPS) is 10.5. The summed E-state index contributed by atoms with van der Waals surface area (Å²) in [5, 5.41) is 0.312. The van der Waals surface area contributed by atoms with Gasteiger partial charge in [-0.3, -0.25) is 9.59 Å². The third kappa shape index (κ3) is 3.44. The van der Waals surface area contributed by atoms with Crippen molar-refractivity contribution in [2.75, 3.05) is 21.3 Å². The molecule has 2 aromatic carbocycles. The van der Waals surface area contributed by atoms with Gasteiger partial charge in [0.15, 0.2) is 17.3 Å². The summed E-state index contributed by atoms with van der Waals surface area (Å²) in [7, 11) is 4.45. The van der Waals surface area contributed by atoms with Crippen molar-refractivity contribution in [3.63, 3.8) is 0 Å². The second kappa shape index (κ2) is 7.41. The van der Waals surface area contributed by atoms with Crippen LogP contribution in [0.15, 0.2) is 45.6 Å². The lowest BCUT2D eigenvalue weighted by molar-refractivity contribution is -0.131. The topological polar surface area (TPSA) is 84.2 Å². The van der Waals surface area contributed by atoms with E-state index in [4.69, 9.17) is 23.4 Å². The van der Waals surface area contributed by atoms with Gasteiger partial charge in [0, 0.05) is 18.6 Å². The molecule has 0 spiro atoms. The van der Waals surface area contributed by atoms with E-state index in [1.54, 1.807) is 18.2 Å². The van der Waals surface area contributed by atoms with Crippen LogP contribution < -0.4 is 24.4 Å². The molecule has 0 aliphatic heterocycles. The van der Waals surface area contributed by atoms with Crippen LogP contribution in [0.3, 0.4) is 0 Å². The number of esters is 1. The Bertz CT molecular complexity index is 1070. The van der Waals surface area contributed by atoms with Crippen LogP contribution >= 0.6 is 0 Å². The predicted octanol–water partition coefficient (Wildman–Crippen LogP) is 3.41. The van der Waals surface area contributed by atoms with Crippen LogP contribution in [0, 0.1) is 0 Å². The van der Waals surface area contributed by atoms with Gasteiger partial charge in [-0.05, 0) is 30.3 Å². The molecule has 0 atom stereocenters. The number of hydrogen-bond donors (Lipinski definition) is 0. The molecule has 0 N–H and O–H groups in total. The summed E-state index contributed by atoms with van der Waals surface area (Å²) in [5.41, 5.74) is 0.503. The summed E-state index contributed by atoms with van der Waals surface area (Å²) in [5.74, 6) is 1.13. The van der Waals surface area contributed by atoms with E-state index in [0.29, 0.717) is 22.4 Å². The Kier molecular flexibility index (Phi) is 5.03. The quantitative estimate of drug-likeness (QED) is 0.503. The van der Waals surface area contributed by atoms with Gasteiger partial charge in [-0.2, -0.15) is 0 Å². The van der Waals surface area contributed by atoms with Crippen LogP contribution in [0.25, 0.3) is 22.3 Å². The standard InChI is InChI=1S/C20H18O7/c1-11(21)26-13-6-7-14-16(10-13)27-19(20(25-4)18(14)22)12-5-8-15(23-2)17(9-12)24-3/h5-10H,1-4H3. The maximum absolute atomic E-state index is 12.8. The highest BCUT2D eigenvalue weighted by Gasteiger charge is 2.19. The summed E-state index contributed by atoms with van der Waals surface area (Å²) in [4.78, 5) is 24.0. The fourth-order valence-corrected chi connectivity index (χ4v) is 2.74. The summed E-state index contributed by atoms with van der Waals surface area (Å²) >= 11 is 0. The molecule has 0 unspecified atom stereocenters. The van der Waals surface area contributed by atoms with Crippen molar-refractivity contribution < 1.29 is 28.2 Å². The zero-order chi connectivity index (χ0) is 19.6. The smallest absolute Gasteiger partial charge is 0.308 e. The van der Waals surface area contributed by atoms with Crippen LogP contribution in [0.2, 0.25) is 0 Å². The lowest BCUT2D eigenvalue weighted by Gasteiger charge is -2.12. The average Bonchev–Trinajstić information content (AvgIpc) is 2.66. The molecular weight excluding hydrogens is 352 g/mol. The Morgan fingerprint density at radius 2 is 1.67 bits per heavy atom. The first-order valence-corrected chi connectivity index (χ1v) is 8.04. The van der Waals surface area contributed by atoms with Crippen molar-refractivity contribution >= 4 is 16.9 Å². The Balaban J connectivity index is 2.25. The molecule has 0 aliphatic carbocycles. The van der Waals surface area contributed by atoms with E-state index in [2.05, 4.69) is 0 Å². The second-order valence-corrected chi connectivity index (χ2v) is 5.61. The molecule has 1 aromatic heterocycles. The van der Waals surface area contributed by atoms with Gasteiger partial charge < -0.3 is 23.4 Å². The van der Waals surface area contributed by atoms with E-state index in [1.165, 1.54) is 46.5 Å². The molecule has 0 saturated heterocycles. The van der Waals surface area contributed by atoms with E-state index in [0.717, 1.165) is 0 Å². The van der Waals surface area contributed by atoms with E-state index in [1.807, 2.05) is 0 Å². The van der Waals surface area contributed by atoms with E-state index in [9.17, 15) is 9.59 Å². The molecule has 0 aliphatic rings. The highest BCUT2D eigenvalue weighted by molar-refractivity contribution is 5.84. The number of benzene rings is 2. The summed E-state index contributed by atoms with van der Waals surface area (Å²) < 4.78 is 26.8. The minimum Gasteiger partial charge on any atom is -0.493 e. The van der Waals surface area contributed by atoms with Gasteiger partial charge in [0.2, 0.25) is 11.2 Å². The fraction of sp³-hybridized carbons (Fsp3) is 0.200. The molecule has 3 rings (SSSR count). The fourth-order valence-electron chi connectivity index (χ4n) is 2.74. The van der Waals surface area contributed by atoms with Gasteiger partial charge in [-0.15, -0.1) is 0 Å². The van der Waals surface area contributed by atoms with E-state index < -0.39 is 5.97 Å². The van der Waals surface area contributed by atoms with Crippen molar-refractivity contribution in [3.8, 4) is 34.3 Å². The van der Waals surface area contributed by atoms with Crippen molar-refractivity contribution in [1.29, 1.82) is 0 Å². The number of carbonyl (C=O) groups is 1. The zero-order valence-electron chi connectivity index (χ0n) is 15.3. The minimum atomic E-state index is -0.467. The number of carbonyl (C=O) groups excluding carboxylic acids is 1. The number of hydrogen-bond acceptors (Lipinski definition) is 7. The average molecular weight is 370 g/mol. The van der Waals surface area contributed by atoms with Gasteiger partial charge in [0.1, 0.15) is 11.3 Å². The third-order valence-corrected chi connectivity index (χ3v) is 3.93. The number of methoxy groups -OCH3 is 3. The largest absolute Gasteiger partial charge is 0.493 e. The molecule has 7 nitrogen and oxygen atoms in total. The Hall–Kier alpha value is -3.48. The summed E-state index contributed by atoms with van der Waals surface area (Å²) in [6.07, 6.45) is 0. The van der Waals surface area contributed by atoms with Crippen LogP contribution in [-0.4, -0.2) is 27.3 Å². The van der Waals surface area contributed by atoms with Crippen molar-refractivity contribution in [2.45, 2.75) is 6.92 Å². The first-order chi connectivity index (χ1) is 13.0. The van der Waals surface area contributed by atoms with Gasteiger partial charge in [-0.25, -0.2) is 0 Å². The Labute approximate surface area is 155 Å². The van der Waals surface area contributed by atoms with Crippen LogP contribution in [-0.2, 0) is 4.79 Å². The van der Waals surface area contributed by atoms with E-state index >= 15 is 0 Å². The number of ether oxygens (including phenoxy) is 4. The Morgan fingerprint density at radius 3 is 2.30 bits per heavy atom. The van der Waals surface area contributed by atoms with Crippen molar-refractivity contribution in [1.82, 2.24) is 0 Å². The molecule has 27 heavy (non-hydrogen) atoms. The van der Waals surface area contributed by atoms with Gasteiger partial charge >= 0.3 is 5.97 Å². The molecule has 0 amide bonds. The molecule has 1 heterocycles. The van der Waals surface area contributed by atoms with Gasteiger partial charge in [0.05, 0.1) is 26.7 Å². The summed E-state index contributed by atoms with van der Waals surface area (Å²) in [6.45, 7) is 1.30. The first kappa shape index (κ1) is 18.3. The van der Waals surface area contributed by atoms with Crippen molar-refractivity contribution in [2.24, 2.45) is 0 Å². The molecule has 0 radical (unpaired) electrons. The van der Waals surface area contributed by atoms with E-state index in [-0.39, 0.29) is 28.3 Å². The van der Waals surface area contributed by atoms with Gasteiger partial charge in [0.25, 0.3) is 0 Å². The summed E-state index contributed by atoms with van der Waals surface area (Å²) in [6, 6.07) is 9.65. The molecule has 7 heteroatoms. The highest BCUT2D eigenvalue weighted by Crippen LogP contribution is 2.37. The zero-order valence-corrected chi connectivity index (χ0v) is 15.3. The molecule has 0 bridgehead atoms. The maximum atomic E-state index is 12.8. The second-order valence-electron chi connectivity index (χ2n) is 5.61. The predicted molar refractivity (Wildman–Crippen MR) is 98.9 cm³/mol. The lowest BCUT2D eigenvalue weighted by Crippen LogP contribution is -2.08. The van der Waals surface area contributed by atoms with Crippen LogP contribution in [0.4, 0.5) is 0 Å². The maximum Gasteiger partial charge on any atom is 0.308 e. The van der Waals surface area contributed by atoms with Crippen LogP contribution in [0.1, 0.15) is 6.92 Å². The van der Waals surface area contributed by atoms with Gasteiger partial charge in [-0.1, -0.05) is 0 Å². The first-order valence-electron chi connectivity index (χ1n) is 8.04. The number of rotatable bonds is 5. The SMILES string of the molecule is COc1ccc(-c2oc3cc(OC(C)=O)ccc3c(=O)c2OC)cc1OC. The lowest BCUT2D eigenvalue weighted by atomic mass is 10.1. The molecule has 3 aromatic rings. The number of fused-ring (bicyclic) bond motifs is 1. The van der Waals surface area contributed by atoms with Crippen LogP contribution in [0.5, 0.6) is 23.0 Å². The molecular formula is C20H18O7. The molecule has 0 fully saturated rings. The third-order valence-electron chi connectivity index (χ3n) is 3.93. The molecule has 0 saturated carbocycles. The Morgan fingerprint density at radius 1 is 0.926 bits per heavy atom. The highest BCUT2D eigenvalue weighted by atomic mass is 16.5. The molecule has 140 valence electrons. The monoisotopic (exact) mass is 370 g/mol.